The normalized spacial score (nSPS) is 37.0. The molecule has 0 N–H and O–H groups in total. The highest BCUT2D eigenvalue weighted by molar-refractivity contribution is 5.85. The largest absolute Gasteiger partial charge is 0.378 e. The van der Waals surface area contributed by atoms with E-state index in [0.717, 1.165) is 37.7 Å². The molecule has 2 amide bonds. The van der Waals surface area contributed by atoms with Gasteiger partial charge in [0.15, 0.2) is 0 Å². The van der Waals surface area contributed by atoms with Gasteiger partial charge in [0.2, 0.25) is 11.8 Å². The van der Waals surface area contributed by atoms with Crippen molar-refractivity contribution in [2.45, 2.75) is 56.1 Å². The second-order valence-corrected chi connectivity index (χ2v) is 11.6. The van der Waals surface area contributed by atoms with Crippen LogP contribution in [0.4, 0.5) is 4.39 Å². The second-order valence-electron chi connectivity index (χ2n) is 11.6. The predicted molar refractivity (Wildman–Crippen MR) is 123 cm³/mol. The first-order valence-electron chi connectivity index (χ1n) is 12.8. The number of benzene rings is 1. The van der Waals surface area contributed by atoms with E-state index in [1.807, 2.05) is 21.9 Å². The summed E-state index contributed by atoms with van der Waals surface area (Å²) in [6, 6.07) is 6.85. The lowest BCUT2D eigenvalue weighted by Gasteiger charge is -2.66. The molecule has 6 nitrogen and oxygen atoms in total. The fourth-order valence-electron chi connectivity index (χ4n) is 8.22. The van der Waals surface area contributed by atoms with Gasteiger partial charge in [-0.3, -0.25) is 9.59 Å². The Bertz CT molecular complexity index is 953. The average Bonchev–Trinajstić information content (AvgIpc) is 2.75. The summed E-state index contributed by atoms with van der Waals surface area (Å²) in [4.78, 5) is 31.1. The van der Waals surface area contributed by atoms with E-state index in [1.165, 1.54) is 12.1 Å². The van der Waals surface area contributed by atoms with Gasteiger partial charge in [0.1, 0.15) is 5.82 Å². The molecule has 4 bridgehead atoms. The minimum atomic E-state index is -0.326. The molecule has 7 heteroatoms. The van der Waals surface area contributed by atoms with Crippen LogP contribution in [-0.2, 0) is 24.5 Å². The number of halogens is 1. The van der Waals surface area contributed by atoms with E-state index in [9.17, 15) is 14.0 Å². The van der Waals surface area contributed by atoms with Crippen molar-refractivity contribution < 1.29 is 23.5 Å². The van der Waals surface area contributed by atoms with E-state index >= 15 is 0 Å². The Morgan fingerprint density at radius 1 is 0.912 bits per heavy atom. The van der Waals surface area contributed by atoms with Gasteiger partial charge in [-0.1, -0.05) is 12.1 Å². The molecular weight excluding hydrogens is 435 g/mol. The zero-order valence-corrected chi connectivity index (χ0v) is 20.2. The Labute approximate surface area is 200 Å². The highest BCUT2D eigenvalue weighted by atomic mass is 19.1. The Hall–Kier alpha value is -1.99. The smallest absolute Gasteiger partial charge is 0.229 e. The number of nitrogens with zero attached hydrogens (tertiary/aromatic N) is 2. The number of likely N-dealkylation sites (tertiary alicyclic amines) is 2. The van der Waals surface area contributed by atoms with E-state index in [4.69, 9.17) is 9.47 Å². The van der Waals surface area contributed by atoms with E-state index in [2.05, 4.69) is 0 Å². The summed E-state index contributed by atoms with van der Waals surface area (Å²) in [5, 5.41) is 0. The van der Waals surface area contributed by atoms with E-state index in [-0.39, 0.29) is 46.6 Å². The number of ether oxygens (including phenoxy) is 2. The first kappa shape index (κ1) is 22.5. The lowest BCUT2D eigenvalue weighted by molar-refractivity contribution is -0.180. The summed E-state index contributed by atoms with van der Waals surface area (Å²) in [5.41, 5.74) is 0.443. The highest BCUT2D eigenvalue weighted by Gasteiger charge is 2.66. The van der Waals surface area contributed by atoms with Crippen molar-refractivity contribution in [3.63, 3.8) is 0 Å². The van der Waals surface area contributed by atoms with Gasteiger partial charge in [-0.2, -0.15) is 0 Å². The Morgan fingerprint density at radius 2 is 1.47 bits per heavy atom. The maximum absolute atomic E-state index is 13.9. The molecule has 0 spiro atoms. The van der Waals surface area contributed by atoms with Gasteiger partial charge in [-0.05, 0) is 67.6 Å². The van der Waals surface area contributed by atoms with Crippen LogP contribution in [0.25, 0.3) is 0 Å². The molecule has 2 saturated heterocycles. The van der Waals surface area contributed by atoms with Crippen molar-refractivity contribution in [2.75, 3.05) is 40.4 Å². The van der Waals surface area contributed by atoms with Crippen LogP contribution in [0, 0.1) is 29.0 Å². The SMILES string of the molecule is COC1CN(C(=O)CC2(c3ccc(F)cc3)C3CC4CC2CC(C(=O)N2CC(OC)C2)(C4)C3)C1. The van der Waals surface area contributed by atoms with Gasteiger partial charge in [0.25, 0.3) is 0 Å². The fraction of sp³-hybridized carbons (Fsp3) is 0.704. The highest BCUT2D eigenvalue weighted by Crippen LogP contribution is 2.68. The minimum absolute atomic E-state index is 0.123. The molecule has 2 heterocycles. The molecule has 2 atom stereocenters. The molecular formula is C27H35FN2O4. The van der Waals surface area contributed by atoms with Crippen LogP contribution in [0.2, 0.25) is 0 Å². The van der Waals surface area contributed by atoms with Crippen LogP contribution in [0.1, 0.15) is 44.1 Å². The van der Waals surface area contributed by atoms with Gasteiger partial charge in [0.05, 0.1) is 17.6 Å². The van der Waals surface area contributed by atoms with Crippen molar-refractivity contribution in [2.24, 2.45) is 23.2 Å². The average molecular weight is 471 g/mol. The van der Waals surface area contributed by atoms with Crippen molar-refractivity contribution in [3.05, 3.63) is 35.6 Å². The van der Waals surface area contributed by atoms with Crippen LogP contribution < -0.4 is 0 Å². The molecule has 2 unspecified atom stereocenters. The van der Waals surface area contributed by atoms with Crippen molar-refractivity contribution in [3.8, 4) is 0 Å². The zero-order valence-electron chi connectivity index (χ0n) is 20.2. The molecule has 0 aromatic heterocycles. The lowest BCUT2D eigenvalue weighted by Crippen LogP contribution is -2.67. The Balaban J connectivity index is 1.31. The van der Waals surface area contributed by atoms with E-state index in [1.54, 1.807) is 14.2 Å². The third kappa shape index (κ3) is 3.26. The summed E-state index contributed by atoms with van der Waals surface area (Å²) in [7, 11) is 3.39. The first-order chi connectivity index (χ1) is 16.4. The molecule has 34 heavy (non-hydrogen) atoms. The molecule has 1 aromatic carbocycles. The maximum Gasteiger partial charge on any atom is 0.229 e. The second kappa shape index (κ2) is 8.02. The number of methoxy groups -OCH3 is 2. The molecule has 184 valence electrons. The minimum Gasteiger partial charge on any atom is -0.378 e. The molecule has 0 radical (unpaired) electrons. The third-order valence-electron chi connectivity index (χ3n) is 9.93. The predicted octanol–water partition coefficient (Wildman–Crippen LogP) is 2.99. The summed E-state index contributed by atoms with van der Waals surface area (Å²) in [6.45, 7) is 2.66. The number of amides is 2. The summed E-state index contributed by atoms with van der Waals surface area (Å²) < 4.78 is 24.7. The van der Waals surface area contributed by atoms with Gasteiger partial charge in [0, 0.05) is 52.2 Å². The zero-order chi connectivity index (χ0) is 23.7. The number of rotatable bonds is 6. The van der Waals surface area contributed by atoms with Crippen LogP contribution in [0.3, 0.4) is 0 Å². The van der Waals surface area contributed by atoms with Crippen LogP contribution >= 0.6 is 0 Å². The quantitative estimate of drug-likeness (QED) is 0.642. The Kier molecular flexibility index (Phi) is 5.30. The van der Waals surface area contributed by atoms with Gasteiger partial charge in [-0.15, -0.1) is 0 Å². The van der Waals surface area contributed by atoms with Crippen molar-refractivity contribution in [1.29, 1.82) is 0 Å². The fourth-order valence-corrected chi connectivity index (χ4v) is 8.22. The molecule has 1 aromatic rings. The van der Waals surface area contributed by atoms with Gasteiger partial charge in [-0.25, -0.2) is 4.39 Å². The summed E-state index contributed by atoms with van der Waals surface area (Å²) in [5.74, 6) is 1.26. The molecule has 4 aliphatic carbocycles. The maximum atomic E-state index is 13.9. The lowest BCUT2D eigenvalue weighted by atomic mass is 9.39. The monoisotopic (exact) mass is 470 g/mol. The third-order valence-corrected chi connectivity index (χ3v) is 9.93. The Morgan fingerprint density at radius 3 is 2.03 bits per heavy atom. The molecule has 4 saturated carbocycles. The van der Waals surface area contributed by atoms with Crippen LogP contribution in [0.15, 0.2) is 24.3 Å². The molecule has 2 aliphatic heterocycles. The van der Waals surface area contributed by atoms with E-state index in [0.29, 0.717) is 44.4 Å². The van der Waals surface area contributed by atoms with E-state index < -0.39 is 0 Å². The van der Waals surface area contributed by atoms with Gasteiger partial charge < -0.3 is 19.3 Å². The standard InChI is InChI=1S/C27H35FN2O4/c1-33-22-13-29(14-22)24(31)12-27(18-3-5-21(28)6-4-18)19-7-17-8-20(27)11-26(9-17,10-19)25(32)30-15-23(16-30)34-2/h3-6,17,19-20,22-23H,7-16H2,1-2H3. The summed E-state index contributed by atoms with van der Waals surface area (Å²) in [6.07, 6.45) is 5.46. The molecule has 6 aliphatic rings. The number of hydrogen-bond acceptors (Lipinski definition) is 4. The molecule has 7 rings (SSSR count). The number of carbonyl (C=O) groups is 2. The summed E-state index contributed by atoms with van der Waals surface area (Å²) >= 11 is 0. The van der Waals surface area contributed by atoms with Crippen molar-refractivity contribution in [1.82, 2.24) is 9.80 Å². The van der Waals surface area contributed by atoms with Gasteiger partial charge >= 0.3 is 0 Å². The van der Waals surface area contributed by atoms with Crippen LogP contribution in [0.5, 0.6) is 0 Å². The number of hydrogen-bond donors (Lipinski definition) is 0. The topological polar surface area (TPSA) is 59.1 Å². The number of carbonyl (C=O) groups excluding carboxylic acids is 2. The molecule has 6 fully saturated rings. The van der Waals surface area contributed by atoms with Crippen LogP contribution in [-0.4, -0.2) is 74.2 Å². The van der Waals surface area contributed by atoms with Crippen molar-refractivity contribution >= 4 is 11.8 Å². The first-order valence-corrected chi connectivity index (χ1v) is 12.8.